The molecule has 0 radical (unpaired) electrons. The van der Waals surface area contributed by atoms with Gasteiger partial charge in [-0.25, -0.2) is 0 Å². The number of hydrogen-bond acceptors (Lipinski definition) is 2. The molecule has 20 heavy (non-hydrogen) atoms. The molecule has 0 bridgehead atoms. The number of nitrogens with two attached hydrogens (primary N) is 1. The summed E-state index contributed by atoms with van der Waals surface area (Å²) in [6.45, 7) is 3.68. The second-order valence-electron chi connectivity index (χ2n) is 5.15. The summed E-state index contributed by atoms with van der Waals surface area (Å²) in [6.07, 6.45) is 1.85. The topological polar surface area (TPSA) is 72.2 Å². The van der Waals surface area contributed by atoms with Crippen LogP contribution in [0.3, 0.4) is 0 Å². The quantitative estimate of drug-likeness (QED) is 0.799. The fraction of sp³-hybridized carbons (Fsp3) is 0.467. The van der Waals surface area contributed by atoms with Gasteiger partial charge in [0.15, 0.2) is 0 Å². The predicted molar refractivity (Wildman–Crippen MR) is 83.0 cm³/mol. The van der Waals surface area contributed by atoms with Gasteiger partial charge < -0.3 is 11.1 Å². The zero-order valence-electron chi connectivity index (χ0n) is 11.9. The van der Waals surface area contributed by atoms with Crippen molar-refractivity contribution in [2.75, 3.05) is 0 Å². The zero-order chi connectivity index (χ0) is 15.1. The van der Waals surface area contributed by atoms with Crippen LogP contribution in [-0.2, 0) is 16.0 Å². The second-order valence-corrected chi connectivity index (χ2v) is 6.06. The third-order valence-corrected chi connectivity index (χ3v) is 3.65. The molecule has 0 saturated carbocycles. The lowest BCUT2D eigenvalue weighted by atomic mass is 10.0. The average molecular weight is 341 g/mol. The molecule has 0 fully saturated rings. The molecule has 3 N–H and O–H groups in total. The van der Waals surface area contributed by atoms with E-state index >= 15 is 0 Å². The number of nitrogens with one attached hydrogen (secondary N) is 1. The smallest absolute Gasteiger partial charge is 0.223 e. The van der Waals surface area contributed by atoms with Crippen molar-refractivity contribution in [2.24, 2.45) is 11.7 Å². The summed E-state index contributed by atoms with van der Waals surface area (Å²) in [4.78, 5) is 22.6. The van der Waals surface area contributed by atoms with Crippen LogP contribution in [0.5, 0.6) is 0 Å². The highest BCUT2D eigenvalue weighted by Gasteiger charge is 2.17. The molecule has 2 atom stereocenters. The summed E-state index contributed by atoms with van der Waals surface area (Å²) in [5.74, 6) is -0.940. The molecule has 0 saturated heterocycles. The highest BCUT2D eigenvalue weighted by molar-refractivity contribution is 9.10. The molecule has 0 aliphatic heterocycles. The minimum Gasteiger partial charge on any atom is -0.370 e. The molecule has 1 rings (SSSR count). The fourth-order valence-electron chi connectivity index (χ4n) is 1.89. The van der Waals surface area contributed by atoms with E-state index in [9.17, 15) is 9.59 Å². The summed E-state index contributed by atoms with van der Waals surface area (Å²) in [5, 5.41) is 2.91. The molecule has 1 aromatic carbocycles. The molecular weight excluding hydrogens is 320 g/mol. The van der Waals surface area contributed by atoms with Crippen molar-refractivity contribution in [1.82, 2.24) is 5.32 Å². The van der Waals surface area contributed by atoms with Gasteiger partial charge in [0.25, 0.3) is 0 Å². The number of benzene rings is 1. The Morgan fingerprint density at radius 3 is 2.40 bits per heavy atom. The van der Waals surface area contributed by atoms with E-state index < -0.39 is 5.91 Å². The Morgan fingerprint density at radius 1 is 1.25 bits per heavy atom. The Kier molecular flexibility index (Phi) is 6.71. The zero-order valence-corrected chi connectivity index (χ0v) is 13.4. The lowest BCUT2D eigenvalue weighted by Gasteiger charge is -2.17. The standard InChI is InChI=1S/C15H21BrN2O2/c1-10(9-14(17)19)15(20)18-11(2)3-4-12-5-7-13(16)8-6-12/h5-8,10-11H,3-4,9H2,1-2H3,(H2,17,19)(H,18,20)/t10-,11-/m1/s1. The second kappa shape index (κ2) is 8.04. The van der Waals surface area contributed by atoms with E-state index in [-0.39, 0.29) is 24.3 Å². The number of primary amides is 1. The van der Waals surface area contributed by atoms with Gasteiger partial charge in [-0.3, -0.25) is 9.59 Å². The molecule has 0 spiro atoms. The largest absolute Gasteiger partial charge is 0.370 e. The van der Waals surface area contributed by atoms with E-state index in [1.807, 2.05) is 19.1 Å². The van der Waals surface area contributed by atoms with E-state index in [0.29, 0.717) is 0 Å². The number of rotatable bonds is 7. The molecule has 0 heterocycles. The van der Waals surface area contributed by atoms with Crippen molar-refractivity contribution in [3.63, 3.8) is 0 Å². The third-order valence-electron chi connectivity index (χ3n) is 3.12. The summed E-state index contributed by atoms with van der Waals surface area (Å²) in [6, 6.07) is 8.21. The lowest BCUT2D eigenvalue weighted by Crippen LogP contribution is -2.37. The van der Waals surface area contributed by atoms with Crippen molar-refractivity contribution in [3.05, 3.63) is 34.3 Å². The number of carbonyl (C=O) groups is 2. The SMILES string of the molecule is C[C@H](CCc1ccc(Br)cc1)NC(=O)[C@H](C)CC(N)=O. The van der Waals surface area contributed by atoms with Gasteiger partial charge >= 0.3 is 0 Å². The van der Waals surface area contributed by atoms with Gasteiger partial charge in [0.2, 0.25) is 11.8 Å². The minimum absolute atomic E-state index is 0.0708. The Bertz CT molecular complexity index is 459. The Labute approximate surface area is 128 Å². The molecule has 5 heteroatoms. The van der Waals surface area contributed by atoms with E-state index in [4.69, 9.17) is 5.73 Å². The molecule has 110 valence electrons. The van der Waals surface area contributed by atoms with Gasteiger partial charge in [0.1, 0.15) is 0 Å². The average Bonchev–Trinajstić information content (AvgIpc) is 2.37. The van der Waals surface area contributed by atoms with E-state index in [2.05, 4.69) is 33.4 Å². The number of aryl methyl sites for hydroxylation is 1. The van der Waals surface area contributed by atoms with Crippen LogP contribution < -0.4 is 11.1 Å². The Morgan fingerprint density at radius 2 is 1.85 bits per heavy atom. The van der Waals surface area contributed by atoms with Crippen LogP contribution in [0.15, 0.2) is 28.7 Å². The van der Waals surface area contributed by atoms with Crippen LogP contribution in [0.2, 0.25) is 0 Å². The van der Waals surface area contributed by atoms with Crippen LogP contribution >= 0.6 is 15.9 Å². The molecule has 0 unspecified atom stereocenters. The van der Waals surface area contributed by atoms with Crippen LogP contribution in [-0.4, -0.2) is 17.9 Å². The number of carbonyl (C=O) groups excluding carboxylic acids is 2. The maximum Gasteiger partial charge on any atom is 0.223 e. The Balaban J connectivity index is 2.36. The van der Waals surface area contributed by atoms with Crippen LogP contribution in [0.4, 0.5) is 0 Å². The maximum absolute atomic E-state index is 11.8. The van der Waals surface area contributed by atoms with Gasteiger partial charge in [-0.15, -0.1) is 0 Å². The van der Waals surface area contributed by atoms with Gasteiger partial charge in [-0.05, 0) is 37.5 Å². The number of halogens is 1. The first-order valence-corrected chi connectivity index (χ1v) is 7.51. The molecule has 0 aromatic heterocycles. The van der Waals surface area contributed by atoms with Crippen LogP contribution in [0.25, 0.3) is 0 Å². The van der Waals surface area contributed by atoms with Crippen LogP contribution in [0, 0.1) is 5.92 Å². The van der Waals surface area contributed by atoms with Crippen molar-refractivity contribution in [1.29, 1.82) is 0 Å². The van der Waals surface area contributed by atoms with Gasteiger partial charge in [0.05, 0.1) is 0 Å². The normalized spacial score (nSPS) is 13.6. The Hall–Kier alpha value is -1.36. The minimum atomic E-state index is -0.449. The molecule has 0 aliphatic carbocycles. The van der Waals surface area contributed by atoms with Gasteiger partial charge in [-0.2, -0.15) is 0 Å². The maximum atomic E-state index is 11.8. The molecule has 2 amide bonds. The summed E-state index contributed by atoms with van der Waals surface area (Å²) >= 11 is 3.40. The summed E-state index contributed by atoms with van der Waals surface area (Å²) in [5.41, 5.74) is 6.32. The van der Waals surface area contributed by atoms with Crippen molar-refractivity contribution < 1.29 is 9.59 Å². The highest BCUT2D eigenvalue weighted by atomic mass is 79.9. The molecule has 0 aliphatic rings. The third kappa shape index (κ3) is 6.19. The van der Waals surface area contributed by atoms with Gasteiger partial charge in [-0.1, -0.05) is 35.0 Å². The first kappa shape index (κ1) is 16.7. The van der Waals surface area contributed by atoms with Gasteiger partial charge in [0, 0.05) is 22.9 Å². The number of hydrogen-bond donors (Lipinski definition) is 2. The monoisotopic (exact) mass is 340 g/mol. The van der Waals surface area contributed by atoms with Crippen molar-refractivity contribution in [2.45, 2.75) is 39.2 Å². The highest BCUT2D eigenvalue weighted by Crippen LogP contribution is 2.12. The molecule has 1 aromatic rings. The van der Waals surface area contributed by atoms with Crippen molar-refractivity contribution in [3.8, 4) is 0 Å². The summed E-state index contributed by atoms with van der Waals surface area (Å²) < 4.78 is 1.06. The molecular formula is C15H21BrN2O2. The van der Waals surface area contributed by atoms with E-state index in [0.717, 1.165) is 17.3 Å². The lowest BCUT2D eigenvalue weighted by molar-refractivity contribution is -0.129. The van der Waals surface area contributed by atoms with E-state index in [1.165, 1.54) is 5.56 Å². The summed E-state index contributed by atoms with van der Waals surface area (Å²) in [7, 11) is 0. The van der Waals surface area contributed by atoms with Crippen molar-refractivity contribution >= 4 is 27.7 Å². The molecule has 4 nitrogen and oxygen atoms in total. The number of amides is 2. The van der Waals surface area contributed by atoms with Crippen LogP contribution in [0.1, 0.15) is 32.3 Å². The fourth-order valence-corrected chi connectivity index (χ4v) is 2.15. The van der Waals surface area contributed by atoms with E-state index in [1.54, 1.807) is 6.92 Å². The first-order chi connectivity index (χ1) is 9.38. The first-order valence-electron chi connectivity index (χ1n) is 6.71. The predicted octanol–water partition coefficient (Wildman–Crippen LogP) is 2.40.